The van der Waals surface area contributed by atoms with Gasteiger partial charge in [-0.05, 0) is 35.9 Å². The van der Waals surface area contributed by atoms with Crippen molar-refractivity contribution in [3.8, 4) is 28.4 Å². The first-order chi connectivity index (χ1) is 14.2. The van der Waals surface area contributed by atoms with Crippen LogP contribution in [-0.2, 0) is 4.79 Å². The lowest BCUT2D eigenvalue weighted by Gasteiger charge is -2.08. The van der Waals surface area contributed by atoms with Crippen molar-refractivity contribution >= 4 is 22.4 Å². The van der Waals surface area contributed by atoms with Crippen molar-refractivity contribution in [1.82, 2.24) is 19.6 Å². The van der Waals surface area contributed by atoms with Crippen LogP contribution in [0.15, 0.2) is 79.1 Å². The zero-order chi connectivity index (χ0) is 19.8. The summed E-state index contributed by atoms with van der Waals surface area (Å²) in [6.45, 7) is 1.37. The smallest absolute Gasteiger partial charge is 0.309 e. The van der Waals surface area contributed by atoms with Crippen LogP contribution in [0.4, 0.5) is 0 Å². The minimum atomic E-state index is -0.400. The molecule has 4 heterocycles. The molecule has 0 aliphatic rings. The van der Waals surface area contributed by atoms with Crippen LogP contribution in [0, 0.1) is 0 Å². The number of pyridine rings is 3. The molecule has 0 saturated heterocycles. The van der Waals surface area contributed by atoms with Crippen molar-refractivity contribution < 1.29 is 9.53 Å². The van der Waals surface area contributed by atoms with Crippen molar-refractivity contribution in [2.24, 2.45) is 0 Å². The predicted molar refractivity (Wildman–Crippen MR) is 110 cm³/mol. The minimum Gasteiger partial charge on any atom is -0.408 e. The van der Waals surface area contributed by atoms with Gasteiger partial charge < -0.3 is 4.74 Å². The summed E-state index contributed by atoms with van der Waals surface area (Å²) in [5.41, 5.74) is 5.07. The SMILES string of the molecule is CC(=O)Oc1cccc2c(-c3ccnc4ccccc34)c(-c3ccccn3)nn12. The Hall–Kier alpha value is -4.06. The first-order valence-electron chi connectivity index (χ1n) is 9.18. The van der Waals surface area contributed by atoms with Gasteiger partial charge in [0.2, 0.25) is 5.88 Å². The third kappa shape index (κ3) is 2.91. The fraction of sp³-hybridized carbons (Fsp3) is 0.0435. The van der Waals surface area contributed by atoms with Crippen molar-refractivity contribution in [3.63, 3.8) is 0 Å². The molecule has 0 aliphatic heterocycles. The van der Waals surface area contributed by atoms with E-state index in [0.717, 1.165) is 33.2 Å². The number of hydrogen-bond donors (Lipinski definition) is 0. The molecule has 0 fully saturated rings. The maximum Gasteiger partial charge on any atom is 0.309 e. The number of carbonyl (C=O) groups excluding carboxylic acids is 1. The van der Waals surface area contributed by atoms with Crippen LogP contribution in [0.1, 0.15) is 6.92 Å². The lowest BCUT2D eigenvalue weighted by atomic mass is 9.98. The molecule has 0 radical (unpaired) electrons. The topological polar surface area (TPSA) is 69.4 Å². The van der Waals surface area contributed by atoms with Gasteiger partial charge in [0.05, 0.1) is 16.7 Å². The Morgan fingerprint density at radius 3 is 2.59 bits per heavy atom. The van der Waals surface area contributed by atoms with E-state index >= 15 is 0 Å². The van der Waals surface area contributed by atoms with Gasteiger partial charge in [-0.25, -0.2) is 0 Å². The summed E-state index contributed by atoms with van der Waals surface area (Å²) in [6.07, 6.45) is 3.53. The fourth-order valence-corrected chi connectivity index (χ4v) is 3.53. The molecular formula is C23H16N4O2. The van der Waals surface area contributed by atoms with E-state index in [9.17, 15) is 4.79 Å². The number of aromatic nitrogens is 4. The van der Waals surface area contributed by atoms with Crippen LogP contribution in [0.5, 0.6) is 5.88 Å². The number of nitrogens with zero attached hydrogens (tertiary/aromatic N) is 4. The highest BCUT2D eigenvalue weighted by molar-refractivity contribution is 6.03. The summed E-state index contributed by atoms with van der Waals surface area (Å²) < 4.78 is 7.03. The number of para-hydroxylation sites is 1. The fourth-order valence-electron chi connectivity index (χ4n) is 3.53. The molecule has 4 aromatic heterocycles. The van der Waals surface area contributed by atoms with E-state index < -0.39 is 5.97 Å². The van der Waals surface area contributed by atoms with Gasteiger partial charge in [-0.2, -0.15) is 9.61 Å². The number of rotatable bonds is 3. The highest BCUT2D eigenvalue weighted by atomic mass is 16.5. The molecule has 6 heteroatoms. The molecule has 29 heavy (non-hydrogen) atoms. The van der Waals surface area contributed by atoms with Crippen LogP contribution in [0.3, 0.4) is 0 Å². The Labute approximate surface area is 166 Å². The molecule has 0 saturated carbocycles. The average Bonchev–Trinajstić information content (AvgIpc) is 3.14. The first-order valence-corrected chi connectivity index (χ1v) is 9.18. The zero-order valence-corrected chi connectivity index (χ0v) is 15.6. The molecule has 6 nitrogen and oxygen atoms in total. The lowest BCUT2D eigenvalue weighted by Crippen LogP contribution is -2.06. The number of hydrogen-bond acceptors (Lipinski definition) is 5. The molecule has 140 valence electrons. The van der Waals surface area contributed by atoms with Crippen LogP contribution >= 0.6 is 0 Å². The highest BCUT2D eigenvalue weighted by Gasteiger charge is 2.21. The van der Waals surface area contributed by atoms with E-state index in [0.29, 0.717) is 11.6 Å². The molecule has 0 spiro atoms. The molecular weight excluding hydrogens is 364 g/mol. The number of ether oxygens (including phenoxy) is 1. The second-order valence-corrected chi connectivity index (χ2v) is 6.57. The van der Waals surface area contributed by atoms with Gasteiger partial charge in [-0.3, -0.25) is 14.8 Å². The Kier molecular flexibility index (Phi) is 4.02. The summed E-state index contributed by atoms with van der Waals surface area (Å²) in [6, 6.07) is 21.2. The van der Waals surface area contributed by atoms with Crippen molar-refractivity contribution in [1.29, 1.82) is 0 Å². The van der Waals surface area contributed by atoms with Crippen LogP contribution in [0.2, 0.25) is 0 Å². The Bertz CT molecular complexity index is 1350. The van der Waals surface area contributed by atoms with Gasteiger partial charge in [0.15, 0.2) is 0 Å². The zero-order valence-electron chi connectivity index (χ0n) is 15.6. The van der Waals surface area contributed by atoms with E-state index in [1.54, 1.807) is 23.0 Å². The monoisotopic (exact) mass is 380 g/mol. The predicted octanol–water partition coefficient (Wildman–Crippen LogP) is 4.54. The van der Waals surface area contributed by atoms with Gasteiger partial charge in [-0.1, -0.05) is 30.3 Å². The summed E-state index contributed by atoms with van der Waals surface area (Å²) in [4.78, 5) is 20.6. The third-order valence-corrected chi connectivity index (χ3v) is 4.70. The molecule has 0 aliphatic carbocycles. The van der Waals surface area contributed by atoms with Crippen LogP contribution < -0.4 is 4.74 Å². The quantitative estimate of drug-likeness (QED) is 0.430. The molecule has 0 unspecified atom stereocenters. The molecule has 0 bridgehead atoms. The number of fused-ring (bicyclic) bond motifs is 2. The Morgan fingerprint density at radius 2 is 1.76 bits per heavy atom. The minimum absolute atomic E-state index is 0.358. The van der Waals surface area contributed by atoms with Crippen LogP contribution in [-0.4, -0.2) is 25.6 Å². The van der Waals surface area contributed by atoms with E-state index in [-0.39, 0.29) is 0 Å². The lowest BCUT2D eigenvalue weighted by molar-refractivity contribution is -0.132. The number of esters is 1. The largest absolute Gasteiger partial charge is 0.408 e. The van der Waals surface area contributed by atoms with E-state index in [4.69, 9.17) is 9.84 Å². The summed E-state index contributed by atoms with van der Waals surface area (Å²) >= 11 is 0. The van der Waals surface area contributed by atoms with E-state index in [2.05, 4.69) is 9.97 Å². The normalized spacial score (nSPS) is 11.1. The molecule has 5 rings (SSSR count). The molecule has 0 atom stereocenters. The molecule has 0 N–H and O–H groups in total. The van der Waals surface area contributed by atoms with Gasteiger partial charge in [-0.15, -0.1) is 0 Å². The van der Waals surface area contributed by atoms with E-state index in [1.165, 1.54) is 6.92 Å². The summed E-state index contributed by atoms with van der Waals surface area (Å²) in [7, 11) is 0. The van der Waals surface area contributed by atoms with Gasteiger partial charge >= 0.3 is 5.97 Å². The second-order valence-electron chi connectivity index (χ2n) is 6.57. The standard InChI is InChI=1S/C23H16N4O2/c1-15(28)29-21-11-6-10-20-22(17-12-14-25-18-8-3-2-7-16(17)18)23(26-27(20)21)19-9-4-5-13-24-19/h2-14H,1H3. The average molecular weight is 380 g/mol. The van der Waals surface area contributed by atoms with Gasteiger partial charge in [0, 0.05) is 36.3 Å². The van der Waals surface area contributed by atoms with Gasteiger partial charge in [0.25, 0.3) is 0 Å². The number of carbonyl (C=O) groups is 1. The van der Waals surface area contributed by atoms with Crippen molar-refractivity contribution in [3.05, 3.63) is 79.1 Å². The Morgan fingerprint density at radius 1 is 0.897 bits per heavy atom. The van der Waals surface area contributed by atoms with Crippen LogP contribution in [0.25, 0.3) is 38.9 Å². The maximum absolute atomic E-state index is 11.6. The molecule has 5 aromatic rings. The first kappa shape index (κ1) is 17.1. The molecule has 1 aromatic carbocycles. The molecule has 0 amide bonds. The summed E-state index contributed by atoms with van der Waals surface area (Å²) in [5, 5.41) is 5.79. The van der Waals surface area contributed by atoms with Crippen molar-refractivity contribution in [2.75, 3.05) is 0 Å². The second kappa shape index (κ2) is 6.83. The van der Waals surface area contributed by atoms with E-state index in [1.807, 2.05) is 60.7 Å². The maximum atomic E-state index is 11.6. The third-order valence-electron chi connectivity index (χ3n) is 4.70. The highest BCUT2D eigenvalue weighted by Crippen LogP contribution is 2.38. The summed E-state index contributed by atoms with van der Waals surface area (Å²) in [5.74, 6) is -0.0416. The Balaban J connectivity index is 1.89. The van der Waals surface area contributed by atoms with Gasteiger partial charge in [0.1, 0.15) is 5.69 Å². The number of benzene rings is 1. The van der Waals surface area contributed by atoms with Crippen molar-refractivity contribution in [2.45, 2.75) is 6.92 Å².